The van der Waals surface area contributed by atoms with Crippen molar-refractivity contribution in [2.24, 2.45) is 5.73 Å². The molecule has 5 N–H and O–H groups in total. The predicted octanol–water partition coefficient (Wildman–Crippen LogP) is -0.689. The molecule has 0 radical (unpaired) electrons. The Balaban J connectivity index is 1.73. The molecule has 1 saturated heterocycles. The number of carboxylic acid groups (broad SMARTS) is 1. The third-order valence-corrected chi connectivity index (χ3v) is 7.24. The van der Waals surface area contributed by atoms with E-state index >= 15 is 0 Å². The van der Waals surface area contributed by atoms with Crippen LogP contribution in [0.2, 0.25) is 0 Å². The maximum Gasteiger partial charge on any atom is 0.329 e. The maximum absolute atomic E-state index is 13.3. The van der Waals surface area contributed by atoms with Crippen molar-refractivity contribution in [3.8, 4) is 0 Å². The van der Waals surface area contributed by atoms with Crippen molar-refractivity contribution in [1.29, 1.82) is 0 Å². The molecule has 15 heteroatoms. The van der Waals surface area contributed by atoms with E-state index in [9.17, 15) is 24.0 Å². The molecule has 1 fully saturated rings. The zero-order valence-corrected chi connectivity index (χ0v) is 21.0. The highest BCUT2D eigenvalue weighted by Crippen LogP contribution is 2.21. The van der Waals surface area contributed by atoms with Gasteiger partial charge in [0.1, 0.15) is 30.2 Å². The van der Waals surface area contributed by atoms with E-state index in [-0.39, 0.29) is 25.3 Å². The average molecular weight is 539 g/mol. The number of hydrogen-bond acceptors (Lipinski definition) is 10. The van der Waals surface area contributed by atoms with Gasteiger partial charge in [0.15, 0.2) is 0 Å². The van der Waals surface area contributed by atoms with Crippen LogP contribution in [0.15, 0.2) is 17.5 Å². The number of carbonyl (C=O) groups is 5. The smallest absolute Gasteiger partial charge is 0.329 e. The van der Waals surface area contributed by atoms with Gasteiger partial charge in [-0.25, -0.2) is 4.79 Å². The number of likely N-dealkylation sites (tertiary alicyclic amines) is 1. The van der Waals surface area contributed by atoms with Gasteiger partial charge in [0, 0.05) is 23.9 Å². The van der Waals surface area contributed by atoms with Gasteiger partial charge < -0.3 is 31.1 Å². The van der Waals surface area contributed by atoms with Crippen LogP contribution in [0.4, 0.5) is 0 Å². The normalized spacial score (nSPS) is 18.3. The summed E-state index contributed by atoms with van der Waals surface area (Å²) in [4.78, 5) is 63.9. The Hall–Kier alpha value is -3.43. The lowest BCUT2D eigenvalue weighted by Crippen LogP contribution is -2.60. The molecular weight excluding hydrogens is 512 g/mol. The van der Waals surface area contributed by atoms with E-state index in [2.05, 4.69) is 20.2 Å². The maximum atomic E-state index is 13.3. The number of thiophene rings is 1. The number of carbonyl (C=O) groups excluding carboxylic acids is 4. The van der Waals surface area contributed by atoms with Gasteiger partial charge in [-0.1, -0.05) is 10.6 Å². The molecule has 2 aromatic heterocycles. The fourth-order valence-electron chi connectivity index (χ4n) is 3.76. The van der Waals surface area contributed by atoms with Gasteiger partial charge in [0.25, 0.3) is 5.91 Å². The van der Waals surface area contributed by atoms with Crippen molar-refractivity contribution in [3.63, 3.8) is 0 Å². The molecule has 36 heavy (non-hydrogen) atoms. The third-order valence-electron chi connectivity index (χ3n) is 5.51. The largest absolute Gasteiger partial charge is 0.480 e. The van der Waals surface area contributed by atoms with Crippen molar-refractivity contribution >= 4 is 52.5 Å². The second-order valence-corrected chi connectivity index (χ2v) is 9.91. The first-order chi connectivity index (χ1) is 17.2. The number of aliphatic carboxylic acids is 1. The molecular formula is C21H26N6O7S2. The fourth-order valence-corrected chi connectivity index (χ4v) is 5.07. The lowest BCUT2D eigenvalue weighted by Gasteiger charge is -2.39. The number of hydrogen-bond donors (Lipinski definition) is 4. The lowest BCUT2D eigenvalue weighted by molar-refractivity contribution is -0.150. The molecule has 3 unspecified atom stereocenters. The van der Waals surface area contributed by atoms with Crippen LogP contribution < -0.4 is 16.4 Å². The second kappa shape index (κ2) is 12.5. The minimum absolute atomic E-state index is 0.0675. The molecule has 3 heterocycles. The first-order valence-electron chi connectivity index (χ1n) is 11.0. The van der Waals surface area contributed by atoms with Crippen molar-refractivity contribution in [3.05, 3.63) is 33.0 Å². The Morgan fingerprint density at radius 1 is 1.31 bits per heavy atom. The SMILES string of the molecule is Cc1nnsc1C(=O)NC1CCN(C(=O)COCC(=O)O)C(C(=O)NC(Cc2cccs2)C(N)=O)C1. The Bertz CT molecular complexity index is 1110. The molecule has 4 amide bonds. The van der Waals surface area contributed by atoms with Gasteiger partial charge in [0.05, 0.1) is 5.69 Å². The van der Waals surface area contributed by atoms with Crippen LogP contribution in [0.25, 0.3) is 0 Å². The zero-order valence-electron chi connectivity index (χ0n) is 19.3. The number of carboxylic acids is 1. The molecule has 1 aliphatic heterocycles. The van der Waals surface area contributed by atoms with Gasteiger partial charge in [-0.05, 0) is 42.7 Å². The van der Waals surface area contributed by atoms with Gasteiger partial charge in [-0.15, -0.1) is 16.4 Å². The van der Waals surface area contributed by atoms with Crippen LogP contribution in [-0.2, 0) is 30.3 Å². The van der Waals surface area contributed by atoms with Crippen LogP contribution >= 0.6 is 22.9 Å². The highest BCUT2D eigenvalue weighted by atomic mass is 32.1. The van der Waals surface area contributed by atoms with Crippen molar-refractivity contribution in [2.45, 2.75) is 44.3 Å². The van der Waals surface area contributed by atoms with Crippen LogP contribution in [0.5, 0.6) is 0 Å². The number of amides is 4. The molecule has 13 nitrogen and oxygen atoms in total. The third kappa shape index (κ3) is 7.29. The van der Waals surface area contributed by atoms with Gasteiger partial charge in [-0.2, -0.15) is 0 Å². The molecule has 3 atom stereocenters. The number of piperidine rings is 1. The molecule has 194 valence electrons. The number of ether oxygens (including phenoxy) is 1. The molecule has 3 rings (SSSR count). The van der Waals surface area contributed by atoms with Crippen LogP contribution in [0.1, 0.15) is 33.1 Å². The van der Waals surface area contributed by atoms with Crippen molar-refractivity contribution in [2.75, 3.05) is 19.8 Å². The molecule has 0 saturated carbocycles. The van der Waals surface area contributed by atoms with Gasteiger partial charge in [-0.3, -0.25) is 19.2 Å². The zero-order chi connectivity index (χ0) is 26.2. The Morgan fingerprint density at radius 3 is 2.69 bits per heavy atom. The highest BCUT2D eigenvalue weighted by molar-refractivity contribution is 7.09. The second-order valence-electron chi connectivity index (χ2n) is 8.12. The number of primary amides is 1. The number of nitrogens with one attached hydrogen (secondary N) is 2. The summed E-state index contributed by atoms with van der Waals surface area (Å²) in [5.41, 5.74) is 5.99. The van der Waals surface area contributed by atoms with Crippen LogP contribution in [0.3, 0.4) is 0 Å². The van der Waals surface area contributed by atoms with Gasteiger partial charge >= 0.3 is 5.97 Å². The van der Waals surface area contributed by atoms with E-state index in [1.807, 2.05) is 17.5 Å². The monoisotopic (exact) mass is 538 g/mol. The summed E-state index contributed by atoms with van der Waals surface area (Å²) in [6, 6.07) is 1.12. The first kappa shape index (κ1) is 27.2. The van der Waals surface area contributed by atoms with Gasteiger partial charge in [0.2, 0.25) is 17.7 Å². The summed E-state index contributed by atoms with van der Waals surface area (Å²) in [6.45, 7) is 0.560. The minimum atomic E-state index is -1.23. The lowest BCUT2D eigenvalue weighted by atomic mass is 9.95. The number of nitrogens with two attached hydrogens (primary N) is 1. The number of aromatic nitrogens is 2. The van der Waals surface area contributed by atoms with Crippen molar-refractivity contribution in [1.82, 2.24) is 25.1 Å². The molecule has 2 aromatic rings. The highest BCUT2D eigenvalue weighted by Gasteiger charge is 2.38. The standard InChI is InChI=1S/C21H26N6O7S2/c1-11-18(36-26-25-11)21(33)23-12-4-5-27(16(28)9-34-10-17(29)30)15(7-12)20(32)24-14(19(22)31)8-13-3-2-6-35-13/h2-3,6,12,14-15H,4-5,7-10H2,1H3,(H2,22,31)(H,23,33)(H,24,32)(H,29,30). The molecule has 0 spiro atoms. The van der Waals surface area contributed by atoms with Crippen molar-refractivity contribution < 1.29 is 33.8 Å². The summed E-state index contributed by atoms with van der Waals surface area (Å²) in [6.07, 6.45) is 0.608. The molecule has 0 aromatic carbocycles. The quantitative estimate of drug-likeness (QED) is 0.286. The van der Waals surface area contributed by atoms with Crippen LogP contribution in [0, 0.1) is 6.92 Å². The van der Waals surface area contributed by atoms with E-state index in [0.29, 0.717) is 17.0 Å². The van der Waals surface area contributed by atoms with E-state index in [4.69, 9.17) is 15.6 Å². The Kier molecular flexibility index (Phi) is 9.44. The summed E-state index contributed by atoms with van der Waals surface area (Å²) < 4.78 is 8.65. The average Bonchev–Trinajstić information content (AvgIpc) is 3.49. The molecule has 0 aliphatic carbocycles. The minimum Gasteiger partial charge on any atom is -0.480 e. The Labute approximate surface area is 214 Å². The summed E-state index contributed by atoms with van der Waals surface area (Å²) in [5.74, 6) is -3.55. The Morgan fingerprint density at radius 2 is 2.08 bits per heavy atom. The summed E-state index contributed by atoms with van der Waals surface area (Å²) in [7, 11) is 0. The molecule has 1 aliphatic rings. The number of nitrogens with zero attached hydrogens (tertiary/aromatic N) is 3. The topological polar surface area (TPSA) is 194 Å². The summed E-state index contributed by atoms with van der Waals surface area (Å²) >= 11 is 2.36. The fraction of sp³-hybridized carbons (Fsp3) is 0.476. The van der Waals surface area contributed by atoms with E-state index in [1.54, 1.807) is 6.92 Å². The number of rotatable bonds is 11. The number of aryl methyl sites for hydroxylation is 1. The summed E-state index contributed by atoms with van der Waals surface area (Å²) in [5, 5.41) is 19.9. The van der Waals surface area contributed by atoms with Crippen LogP contribution in [-0.4, -0.2) is 87.1 Å². The van der Waals surface area contributed by atoms with E-state index < -0.39 is 55.0 Å². The predicted molar refractivity (Wildman–Crippen MR) is 128 cm³/mol. The first-order valence-corrected chi connectivity index (χ1v) is 12.6. The molecule has 0 bridgehead atoms. The van der Waals surface area contributed by atoms with E-state index in [1.165, 1.54) is 16.2 Å². The van der Waals surface area contributed by atoms with E-state index in [0.717, 1.165) is 16.4 Å².